The molecular formula is C17H14F3NO. The quantitative estimate of drug-likeness (QED) is 0.818. The number of carbonyl (C=O) groups excluding carboxylic acids is 1. The number of benzene rings is 2. The van der Waals surface area contributed by atoms with E-state index in [1.54, 1.807) is 18.2 Å². The Morgan fingerprint density at radius 1 is 0.955 bits per heavy atom. The molecule has 0 radical (unpaired) electrons. The largest absolute Gasteiger partial charge is 0.331 e. The predicted molar refractivity (Wildman–Crippen MR) is 75.8 cm³/mol. The Hall–Kier alpha value is -2.30. The van der Waals surface area contributed by atoms with Crippen LogP contribution in [0.2, 0.25) is 0 Å². The summed E-state index contributed by atoms with van der Waals surface area (Å²) in [6, 6.07) is 8.98. The van der Waals surface area contributed by atoms with E-state index in [2.05, 4.69) is 0 Å². The van der Waals surface area contributed by atoms with Crippen molar-refractivity contribution in [1.29, 1.82) is 0 Å². The number of amides is 1. The topological polar surface area (TPSA) is 20.3 Å². The predicted octanol–water partition coefficient (Wildman–Crippen LogP) is 4.08. The van der Waals surface area contributed by atoms with Crippen molar-refractivity contribution in [3.8, 4) is 0 Å². The van der Waals surface area contributed by atoms with Gasteiger partial charge >= 0.3 is 0 Å². The lowest BCUT2D eigenvalue weighted by Crippen LogP contribution is -2.32. The normalized spacial score (nSPS) is 17.8. The Morgan fingerprint density at radius 2 is 1.59 bits per heavy atom. The summed E-state index contributed by atoms with van der Waals surface area (Å²) in [6.07, 6.45) is 1.24. The molecule has 1 saturated heterocycles. The maximum atomic E-state index is 14.0. The minimum atomic E-state index is -0.899. The second-order valence-electron chi connectivity index (χ2n) is 5.27. The van der Waals surface area contributed by atoms with E-state index in [1.807, 2.05) is 0 Å². The average Bonchev–Trinajstić information content (AvgIpc) is 2.96. The third kappa shape index (κ3) is 2.47. The number of carbonyl (C=O) groups is 1. The molecule has 1 fully saturated rings. The van der Waals surface area contributed by atoms with Gasteiger partial charge in [0.05, 0.1) is 6.04 Å². The van der Waals surface area contributed by atoms with Gasteiger partial charge in [-0.1, -0.05) is 24.3 Å². The molecule has 22 heavy (non-hydrogen) atoms. The second-order valence-corrected chi connectivity index (χ2v) is 5.27. The highest BCUT2D eigenvalue weighted by molar-refractivity contribution is 5.95. The van der Waals surface area contributed by atoms with Crippen LogP contribution < -0.4 is 0 Å². The van der Waals surface area contributed by atoms with Crippen LogP contribution in [0.5, 0.6) is 0 Å². The van der Waals surface area contributed by atoms with Crippen LogP contribution in [0.3, 0.4) is 0 Å². The molecule has 2 aromatic rings. The standard InChI is InChI=1S/C17H14F3NO/c18-12-6-2-1-5-11(12)15-9-4-10-21(15)17(22)16-13(19)7-3-8-14(16)20/h1-3,5-8,15H,4,9-10H2/t15-/m0/s1. The van der Waals surface area contributed by atoms with E-state index < -0.39 is 35.0 Å². The summed E-state index contributed by atoms with van der Waals surface area (Å²) in [4.78, 5) is 13.9. The zero-order chi connectivity index (χ0) is 15.7. The SMILES string of the molecule is O=C(c1c(F)cccc1F)N1CCC[C@H]1c1ccccc1F. The Balaban J connectivity index is 1.97. The smallest absolute Gasteiger partial charge is 0.260 e. The number of hydrogen-bond acceptors (Lipinski definition) is 1. The van der Waals surface area contributed by atoms with E-state index in [9.17, 15) is 18.0 Å². The molecule has 1 heterocycles. The van der Waals surface area contributed by atoms with Crippen molar-refractivity contribution < 1.29 is 18.0 Å². The molecule has 2 aromatic carbocycles. The summed E-state index contributed by atoms with van der Waals surface area (Å²) in [5.74, 6) is -2.95. The summed E-state index contributed by atoms with van der Waals surface area (Å²) in [7, 11) is 0. The molecule has 0 aromatic heterocycles. The van der Waals surface area contributed by atoms with Crippen molar-refractivity contribution in [3.63, 3.8) is 0 Å². The van der Waals surface area contributed by atoms with Gasteiger partial charge in [0.2, 0.25) is 0 Å². The maximum Gasteiger partial charge on any atom is 0.260 e. The minimum Gasteiger partial charge on any atom is -0.331 e. The second kappa shape index (κ2) is 5.83. The van der Waals surface area contributed by atoms with Crippen LogP contribution in [0.1, 0.15) is 34.8 Å². The van der Waals surface area contributed by atoms with Crippen molar-refractivity contribution >= 4 is 5.91 Å². The van der Waals surface area contributed by atoms with Crippen LogP contribution in [-0.2, 0) is 0 Å². The first-order chi connectivity index (χ1) is 10.6. The molecule has 114 valence electrons. The Labute approximate surface area is 126 Å². The van der Waals surface area contributed by atoms with Gasteiger partial charge < -0.3 is 4.90 Å². The highest BCUT2D eigenvalue weighted by Gasteiger charge is 2.34. The molecule has 0 aliphatic carbocycles. The van der Waals surface area contributed by atoms with Gasteiger partial charge in [-0.2, -0.15) is 0 Å². The lowest BCUT2D eigenvalue weighted by molar-refractivity contribution is 0.0723. The van der Waals surface area contributed by atoms with Crippen LogP contribution in [0.4, 0.5) is 13.2 Å². The first-order valence-electron chi connectivity index (χ1n) is 7.09. The van der Waals surface area contributed by atoms with Gasteiger partial charge in [0, 0.05) is 12.1 Å². The van der Waals surface area contributed by atoms with E-state index in [0.717, 1.165) is 12.1 Å². The Morgan fingerprint density at radius 3 is 2.27 bits per heavy atom. The first kappa shape index (κ1) is 14.6. The van der Waals surface area contributed by atoms with Gasteiger partial charge in [0.1, 0.15) is 23.0 Å². The fourth-order valence-electron chi connectivity index (χ4n) is 2.92. The molecule has 3 rings (SSSR count). The Kier molecular flexibility index (Phi) is 3.88. The van der Waals surface area contributed by atoms with Crippen LogP contribution in [-0.4, -0.2) is 17.4 Å². The summed E-state index contributed by atoms with van der Waals surface area (Å²) in [6.45, 7) is 0.353. The van der Waals surface area contributed by atoms with Gasteiger partial charge in [0.15, 0.2) is 0 Å². The summed E-state index contributed by atoms with van der Waals surface area (Å²) in [5, 5.41) is 0. The van der Waals surface area contributed by atoms with Gasteiger partial charge in [-0.3, -0.25) is 4.79 Å². The third-order valence-electron chi connectivity index (χ3n) is 3.95. The first-order valence-corrected chi connectivity index (χ1v) is 7.09. The van der Waals surface area contributed by atoms with Crippen molar-refractivity contribution in [1.82, 2.24) is 4.90 Å². The molecule has 1 aliphatic rings. The highest BCUT2D eigenvalue weighted by atomic mass is 19.1. The molecule has 0 spiro atoms. The number of rotatable bonds is 2. The fourth-order valence-corrected chi connectivity index (χ4v) is 2.92. The van der Waals surface area contributed by atoms with Crippen LogP contribution >= 0.6 is 0 Å². The molecule has 5 heteroatoms. The number of halogens is 3. The average molecular weight is 305 g/mol. The van der Waals surface area contributed by atoms with E-state index >= 15 is 0 Å². The molecule has 1 amide bonds. The molecule has 0 saturated carbocycles. The van der Waals surface area contributed by atoms with Crippen molar-refractivity contribution in [2.45, 2.75) is 18.9 Å². The van der Waals surface area contributed by atoms with Crippen molar-refractivity contribution in [3.05, 3.63) is 71.0 Å². The van der Waals surface area contributed by atoms with E-state index in [0.29, 0.717) is 24.9 Å². The number of likely N-dealkylation sites (tertiary alicyclic amines) is 1. The molecule has 1 atom stereocenters. The Bertz CT molecular complexity index is 697. The fraction of sp³-hybridized carbons (Fsp3) is 0.235. The van der Waals surface area contributed by atoms with Crippen molar-refractivity contribution in [2.24, 2.45) is 0 Å². The molecule has 1 aliphatic heterocycles. The maximum absolute atomic E-state index is 14.0. The van der Waals surface area contributed by atoms with Crippen LogP contribution in [0, 0.1) is 17.5 Å². The number of hydrogen-bond donors (Lipinski definition) is 0. The monoisotopic (exact) mass is 305 g/mol. The van der Waals surface area contributed by atoms with Gasteiger partial charge in [-0.05, 0) is 31.0 Å². The summed E-state index contributed by atoms with van der Waals surface area (Å²) < 4.78 is 41.6. The zero-order valence-corrected chi connectivity index (χ0v) is 11.7. The molecular weight excluding hydrogens is 291 g/mol. The van der Waals surface area contributed by atoms with Crippen molar-refractivity contribution in [2.75, 3.05) is 6.54 Å². The minimum absolute atomic E-state index is 0.353. The number of nitrogens with zero attached hydrogens (tertiary/aromatic N) is 1. The van der Waals surface area contributed by atoms with E-state index in [1.165, 1.54) is 17.0 Å². The lowest BCUT2D eigenvalue weighted by Gasteiger charge is -2.25. The zero-order valence-electron chi connectivity index (χ0n) is 11.7. The highest BCUT2D eigenvalue weighted by Crippen LogP contribution is 2.35. The van der Waals surface area contributed by atoms with E-state index in [4.69, 9.17) is 0 Å². The lowest BCUT2D eigenvalue weighted by atomic mass is 10.0. The van der Waals surface area contributed by atoms with Gasteiger partial charge in [0.25, 0.3) is 5.91 Å². The van der Waals surface area contributed by atoms with Gasteiger partial charge in [-0.15, -0.1) is 0 Å². The van der Waals surface area contributed by atoms with E-state index in [-0.39, 0.29) is 0 Å². The summed E-state index contributed by atoms with van der Waals surface area (Å²) >= 11 is 0. The van der Waals surface area contributed by atoms with Gasteiger partial charge in [-0.25, -0.2) is 13.2 Å². The van der Waals surface area contributed by atoms with Crippen LogP contribution in [0.25, 0.3) is 0 Å². The van der Waals surface area contributed by atoms with Crippen LogP contribution in [0.15, 0.2) is 42.5 Å². The summed E-state index contributed by atoms with van der Waals surface area (Å²) in [5.41, 5.74) is -0.198. The third-order valence-corrected chi connectivity index (χ3v) is 3.95. The molecule has 2 nitrogen and oxygen atoms in total. The molecule has 0 unspecified atom stereocenters. The molecule has 0 N–H and O–H groups in total. The molecule has 0 bridgehead atoms.